The summed E-state index contributed by atoms with van der Waals surface area (Å²) >= 11 is 7.85. The van der Waals surface area contributed by atoms with E-state index >= 15 is 0 Å². The van der Waals surface area contributed by atoms with Crippen LogP contribution in [0.3, 0.4) is 0 Å². The van der Waals surface area contributed by atoms with Gasteiger partial charge in [0.25, 0.3) is 5.91 Å². The van der Waals surface area contributed by atoms with Crippen LogP contribution in [0.1, 0.15) is 33.4 Å². The van der Waals surface area contributed by atoms with E-state index in [0.717, 1.165) is 10.4 Å². The van der Waals surface area contributed by atoms with Crippen LogP contribution in [0.2, 0.25) is 5.15 Å². The van der Waals surface area contributed by atoms with Crippen molar-refractivity contribution >= 4 is 34.8 Å². The predicted octanol–water partition coefficient (Wildman–Crippen LogP) is 3.96. The molecule has 0 aliphatic rings. The second-order valence-corrected chi connectivity index (χ2v) is 7.77. The molecule has 1 atom stereocenters. The maximum absolute atomic E-state index is 13.1. The zero-order chi connectivity index (χ0) is 21.0. The highest BCUT2D eigenvalue weighted by atomic mass is 35.5. The molecule has 1 aromatic carbocycles. The number of nitrogens with one attached hydrogen (secondary N) is 1. The second-order valence-electron chi connectivity index (χ2n) is 6.38. The third kappa shape index (κ3) is 5.21. The van der Waals surface area contributed by atoms with Crippen LogP contribution in [0, 0.1) is 12.7 Å². The SMILES string of the molecule is Cc1nn(Cc2ccc(F)cc2)c(Cl)c1C(=O)O[C@H](C)C(=O)NCc1cccs1. The monoisotopic (exact) mass is 435 g/mol. The van der Waals surface area contributed by atoms with Gasteiger partial charge < -0.3 is 10.1 Å². The van der Waals surface area contributed by atoms with Crippen LogP contribution >= 0.6 is 22.9 Å². The molecule has 1 N–H and O–H groups in total. The van der Waals surface area contributed by atoms with Crippen molar-refractivity contribution in [1.82, 2.24) is 15.1 Å². The highest BCUT2D eigenvalue weighted by Gasteiger charge is 2.25. The number of amides is 1. The fraction of sp³-hybridized carbons (Fsp3) is 0.250. The van der Waals surface area contributed by atoms with Crippen molar-refractivity contribution in [1.29, 1.82) is 0 Å². The lowest BCUT2D eigenvalue weighted by molar-refractivity contribution is -0.129. The Hall–Kier alpha value is -2.71. The Kier molecular flexibility index (Phi) is 6.66. The fourth-order valence-electron chi connectivity index (χ4n) is 2.66. The van der Waals surface area contributed by atoms with E-state index in [1.807, 2.05) is 17.5 Å². The first-order chi connectivity index (χ1) is 13.8. The number of carbonyl (C=O) groups is 2. The van der Waals surface area contributed by atoms with Gasteiger partial charge in [0.1, 0.15) is 16.5 Å². The number of aromatic nitrogens is 2. The molecule has 3 aromatic rings. The molecule has 0 unspecified atom stereocenters. The zero-order valence-electron chi connectivity index (χ0n) is 15.8. The van der Waals surface area contributed by atoms with Gasteiger partial charge in [-0.1, -0.05) is 29.8 Å². The van der Waals surface area contributed by atoms with Crippen molar-refractivity contribution in [3.8, 4) is 0 Å². The molecule has 0 saturated heterocycles. The number of benzene rings is 1. The molecule has 2 heterocycles. The number of ether oxygens (including phenoxy) is 1. The largest absolute Gasteiger partial charge is 0.449 e. The molecule has 0 bridgehead atoms. The van der Waals surface area contributed by atoms with Gasteiger partial charge in [-0.05, 0) is 43.0 Å². The minimum Gasteiger partial charge on any atom is -0.449 e. The molecule has 29 heavy (non-hydrogen) atoms. The van der Waals surface area contributed by atoms with Crippen molar-refractivity contribution in [3.05, 3.63) is 74.4 Å². The quantitative estimate of drug-likeness (QED) is 0.570. The number of aryl methyl sites for hydroxylation is 1. The molecular weight excluding hydrogens is 417 g/mol. The van der Waals surface area contributed by atoms with Crippen molar-refractivity contribution < 1.29 is 18.7 Å². The van der Waals surface area contributed by atoms with Gasteiger partial charge in [-0.25, -0.2) is 13.9 Å². The summed E-state index contributed by atoms with van der Waals surface area (Å²) < 4.78 is 19.8. The van der Waals surface area contributed by atoms with Crippen molar-refractivity contribution in [2.75, 3.05) is 0 Å². The molecule has 0 aliphatic heterocycles. The standard InChI is InChI=1S/C20H19ClFN3O3S/c1-12-17(18(21)25(24-12)11-14-5-7-15(22)8-6-14)20(27)28-13(2)19(26)23-10-16-4-3-9-29-16/h3-9,13H,10-11H2,1-2H3,(H,23,26)/t13-/m1/s1. The fourth-order valence-corrected chi connectivity index (χ4v) is 3.61. The first kappa shape index (κ1) is 21.0. The average Bonchev–Trinajstić information content (AvgIpc) is 3.29. The van der Waals surface area contributed by atoms with Crippen LogP contribution < -0.4 is 5.32 Å². The minimum atomic E-state index is -0.988. The Morgan fingerprint density at radius 2 is 2.03 bits per heavy atom. The molecule has 1 amide bonds. The highest BCUT2D eigenvalue weighted by molar-refractivity contribution is 7.09. The van der Waals surface area contributed by atoms with Crippen LogP contribution in [0.15, 0.2) is 41.8 Å². The minimum absolute atomic E-state index is 0.100. The predicted molar refractivity (Wildman–Crippen MR) is 109 cm³/mol. The van der Waals surface area contributed by atoms with E-state index in [1.165, 1.54) is 35.1 Å². The Balaban J connectivity index is 1.64. The molecule has 3 rings (SSSR count). The normalized spacial score (nSPS) is 11.9. The number of thiophene rings is 1. The van der Waals surface area contributed by atoms with Crippen LogP contribution in [-0.2, 0) is 22.6 Å². The number of rotatable bonds is 7. The van der Waals surface area contributed by atoms with Gasteiger partial charge in [-0.3, -0.25) is 4.79 Å². The lowest BCUT2D eigenvalue weighted by atomic mass is 10.2. The van der Waals surface area contributed by atoms with Gasteiger partial charge in [0.15, 0.2) is 6.10 Å². The number of esters is 1. The van der Waals surface area contributed by atoms with Crippen molar-refractivity contribution in [2.24, 2.45) is 0 Å². The maximum atomic E-state index is 13.1. The molecule has 0 aliphatic carbocycles. The van der Waals surface area contributed by atoms with Crippen molar-refractivity contribution in [3.63, 3.8) is 0 Å². The van der Waals surface area contributed by atoms with E-state index in [1.54, 1.807) is 19.1 Å². The summed E-state index contributed by atoms with van der Waals surface area (Å²) in [7, 11) is 0. The molecule has 0 saturated carbocycles. The first-order valence-corrected chi connectivity index (χ1v) is 10.1. The highest BCUT2D eigenvalue weighted by Crippen LogP contribution is 2.22. The zero-order valence-corrected chi connectivity index (χ0v) is 17.4. The second kappa shape index (κ2) is 9.19. The lowest BCUT2D eigenvalue weighted by Gasteiger charge is -2.13. The summed E-state index contributed by atoms with van der Waals surface area (Å²) in [6, 6.07) is 9.70. The molecule has 0 fully saturated rings. The van der Waals surface area contributed by atoms with E-state index in [4.69, 9.17) is 16.3 Å². The molecule has 9 heteroatoms. The lowest BCUT2D eigenvalue weighted by Crippen LogP contribution is -2.35. The molecule has 0 spiro atoms. The van der Waals surface area contributed by atoms with Gasteiger partial charge in [0, 0.05) is 4.88 Å². The third-order valence-corrected chi connectivity index (χ3v) is 5.45. The van der Waals surface area contributed by atoms with Crippen LogP contribution in [0.5, 0.6) is 0 Å². The number of hydrogen-bond acceptors (Lipinski definition) is 5. The number of nitrogens with zero attached hydrogens (tertiary/aromatic N) is 2. The summed E-state index contributed by atoms with van der Waals surface area (Å²) in [6.07, 6.45) is -0.988. The third-order valence-electron chi connectivity index (χ3n) is 4.19. The van der Waals surface area contributed by atoms with Gasteiger partial charge in [0.2, 0.25) is 0 Å². The van der Waals surface area contributed by atoms with Gasteiger partial charge >= 0.3 is 5.97 Å². The maximum Gasteiger partial charge on any atom is 0.343 e. The smallest absolute Gasteiger partial charge is 0.343 e. The van der Waals surface area contributed by atoms with E-state index in [2.05, 4.69) is 10.4 Å². The summed E-state index contributed by atoms with van der Waals surface area (Å²) in [6.45, 7) is 3.76. The number of hydrogen-bond donors (Lipinski definition) is 1. The summed E-state index contributed by atoms with van der Waals surface area (Å²) in [5, 5.41) is 9.00. The van der Waals surface area contributed by atoms with Crippen LogP contribution in [0.25, 0.3) is 0 Å². The van der Waals surface area contributed by atoms with Crippen LogP contribution in [-0.4, -0.2) is 27.8 Å². The van der Waals surface area contributed by atoms with E-state index in [0.29, 0.717) is 12.2 Å². The molecule has 0 radical (unpaired) electrons. The Morgan fingerprint density at radius 1 is 1.31 bits per heavy atom. The molecule has 152 valence electrons. The number of carbonyl (C=O) groups excluding carboxylic acids is 2. The number of halogens is 2. The first-order valence-electron chi connectivity index (χ1n) is 8.83. The molecular formula is C20H19ClFN3O3S. The molecule has 6 nitrogen and oxygen atoms in total. The average molecular weight is 436 g/mol. The van der Waals surface area contributed by atoms with E-state index < -0.39 is 18.0 Å². The molecule has 2 aromatic heterocycles. The van der Waals surface area contributed by atoms with E-state index in [9.17, 15) is 14.0 Å². The summed E-state index contributed by atoms with van der Waals surface area (Å²) in [4.78, 5) is 25.7. The van der Waals surface area contributed by atoms with Crippen molar-refractivity contribution in [2.45, 2.75) is 33.0 Å². The Morgan fingerprint density at radius 3 is 2.69 bits per heavy atom. The Bertz CT molecular complexity index is 1000. The van der Waals surface area contributed by atoms with Gasteiger partial charge in [0.05, 0.1) is 18.8 Å². The van der Waals surface area contributed by atoms with Gasteiger partial charge in [-0.2, -0.15) is 5.10 Å². The van der Waals surface area contributed by atoms with Gasteiger partial charge in [-0.15, -0.1) is 11.3 Å². The van der Waals surface area contributed by atoms with E-state index in [-0.39, 0.29) is 23.1 Å². The summed E-state index contributed by atoms with van der Waals surface area (Å²) in [5.74, 6) is -1.47. The summed E-state index contributed by atoms with van der Waals surface area (Å²) in [5.41, 5.74) is 1.26. The van der Waals surface area contributed by atoms with Crippen LogP contribution in [0.4, 0.5) is 4.39 Å². The topological polar surface area (TPSA) is 73.2 Å². The Labute approximate surface area is 176 Å².